The molecular weight excluding hydrogens is 224 g/mol. The van der Waals surface area contributed by atoms with Gasteiger partial charge in [-0.15, -0.1) is 0 Å². The lowest BCUT2D eigenvalue weighted by Gasteiger charge is -1.99. The molecule has 0 aromatic carbocycles. The van der Waals surface area contributed by atoms with Crippen molar-refractivity contribution in [2.75, 3.05) is 6.26 Å². The van der Waals surface area contributed by atoms with Gasteiger partial charge in [0, 0.05) is 18.5 Å². The quantitative estimate of drug-likeness (QED) is 0.595. The summed E-state index contributed by atoms with van der Waals surface area (Å²) in [5.41, 5.74) is -0.855. The Morgan fingerprint density at radius 2 is 2.27 bits per heavy atom. The molecule has 15 heavy (non-hydrogen) atoms. The molecule has 0 saturated carbocycles. The average molecular weight is 230 g/mol. The van der Waals surface area contributed by atoms with Crippen LogP contribution in [0.5, 0.6) is 0 Å². The Morgan fingerprint density at radius 1 is 1.67 bits per heavy atom. The number of aromatic carboxylic acids is 1. The van der Waals surface area contributed by atoms with E-state index in [4.69, 9.17) is 5.11 Å². The number of pyridine rings is 1. The first-order chi connectivity index (χ1) is 6.93. The van der Waals surface area contributed by atoms with Crippen LogP contribution < -0.4 is 0 Å². The first-order valence-corrected chi connectivity index (χ1v) is 5.20. The second-order valence-electron chi connectivity index (χ2n) is 2.56. The monoisotopic (exact) mass is 230 g/mol. The molecular formula is C7H6N2O5S. The second kappa shape index (κ2) is 4.13. The molecule has 1 aromatic rings. The van der Waals surface area contributed by atoms with Gasteiger partial charge in [0.25, 0.3) is 0 Å². The summed E-state index contributed by atoms with van der Waals surface area (Å²) in [6.07, 6.45) is 2.17. The topological polar surface area (TPSA) is 110 Å². The smallest absolute Gasteiger partial charge is 0.337 e. The van der Waals surface area contributed by atoms with Gasteiger partial charge in [-0.3, -0.25) is 14.3 Å². The van der Waals surface area contributed by atoms with Crippen molar-refractivity contribution in [3.05, 3.63) is 27.9 Å². The molecule has 0 aliphatic carbocycles. The number of nitrogens with zero attached hydrogens (tertiary/aromatic N) is 2. The maximum Gasteiger partial charge on any atom is 0.337 e. The summed E-state index contributed by atoms with van der Waals surface area (Å²) in [4.78, 5) is 23.7. The molecule has 1 aromatic heterocycles. The normalized spacial score (nSPS) is 12.1. The van der Waals surface area contributed by atoms with Crippen LogP contribution >= 0.6 is 0 Å². The fraction of sp³-hybridized carbons (Fsp3) is 0.143. The molecule has 0 radical (unpaired) electrons. The van der Waals surface area contributed by atoms with E-state index >= 15 is 0 Å². The molecule has 0 aliphatic rings. The van der Waals surface area contributed by atoms with Crippen LogP contribution in [0.15, 0.2) is 17.3 Å². The highest BCUT2D eigenvalue weighted by Crippen LogP contribution is 2.20. The lowest BCUT2D eigenvalue weighted by Crippen LogP contribution is -2.04. The number of carboxylic acid groups (broad SMARTS) is 1. The number of aromatic nitrogens is 1. The SMILES string of the molecule is CS(=O)c1ncc(C(=O)O)cc1[N+](=O)[O-]. The number of hydrogen-bond acceptors (Lipinski definition) is 5. The summed E-state index contributed by atoms with van der Waals surface area (Å²) in [6.45, 7) is 0. The first-order valence-electron chi connectivity index (χ1n) is 3.64. The molecule has 1 rings (SSSR count). The molecule has 80 valence electrons. The lowest BCUT2D eigenvalue weighted by molar-refractivity contribution is -0.388. The molecule has 0 spiro atoms. The fourth-order valence-corrected chi connectivity index (χ4v) is 1.54. The summed E-state index contributed by atoms with van der Waals surface area (Å²) < 4.78 is 11.0. The zero-order chi connectivity index (χ0) is 11.6. The molecule has 1 N–H and O–H groups in total. The van der Waals surface area contributed by atoms with Gasteiger partial charge in [-0.1, -0.05) is 0 Å². The highest BCUT2D eigenvalue weighted by Gasteiger charge is 2.20. The summed E-state index contributed by atoms with van der Waals surface area (Å²) in [7, 11) is -1.63. The van der Waals surface area contributed by atoms with Crippen molar-refractivity contribution in [2.24, 2.45) is 0 Å². The third kappa shape index (κ3) is 2.34. The average Bonchev–Trinajstić information content (AvgIpc) is 2.16. The van der Waals surface area contributed by atoms with Crippen LogP contribution in [-0.4, -0.2) is 31.4 Å². The molecule has 7 nitrogen and oxygen atoms in total. The summed E-state index contributed by atoms with van der Waals surface area (Å²) >= 11 is 0. The lowest BCUT2D eigenvalue weighted by atomic mass is 10.3. The van der Waals surface area contributed by atoms with E-state index in [0.29, 0.717) is 0 Å². The Morgan fingerprint density at radius 3 is 2.67 bits per heavy atom. The third-order valence-electron chi connectivity index (χ3n) is 1.55. The van der Waals surface area contributed by atoms with Crippen molar-refractivity contribution in [3.8, 4) is 0 Å². The van der Waals surface area contributed by atoms with Gasteiger partial charge in [0.05, 0.1) is 21.3 Å². The minimum atomic E-state index is -1.63. The number of rotatable bonds is 3. The Balaban J connectivity index is 3.40. The zero-order valence-electron chi connectivity index (χ0n) is 7.54. The maximum atomic E-state index is 11.0. The minimum absolute atomic E-state index is 0.231. The first kappa shape index (κ1) is 11.2. The molecule has 0 amide bonds. The Labute approximate surface area is 86.4 Å². The van der Waals surface area contributed by atoms with Gasteiger partial charge in [-0.25, -0.2) is 9.78 Å². The molecule has 1 heterocycles. The summed E-state index contributed by atoms with van der Waals surface area (Å²) in [5.74, 6) is -1.32. The van der Waals surface area contributed by atoms with Gasteiger partial charge < -0.3 is 5.11 Å². The maximum absolute atomic E-state index is 11.0. The standard InChI is InChI=1S/C7H6N2O5S/c1-15(14)6-5(9(12)13)2-4(3-8-6)7(10)11/h2-3H,1H3,(H,10,11). The van der Waals surface area contributed by atoms with E-state index in [2.05, 4.69) is 4.98 Å². The molecule has 1 atom stereocenters. The van der Waals surface area contributed by atoms with Crippen LogP contribution in [0, 0.1) is 10.1 Å². The van der Waals surface area contributed by atoms with Gasteiger partial charge >= 0.3 is 11.7 Å². The van der Waals surface area contributed by atoms with E-state index in [9.17, 15) is 19.1 Å². The van der Waals surface area contributed by atoms with Crippen molar-refractivity contribution in [3.63, 3.8) is 0 Å². The number of nitro groups is 1. The fourth-order valence-electron chi connectivity index (χ4n) is 0.910. The van der Waals surface area contributed by atoms with E-state index in [1.807, 2.05) is 0 Å². The number of carboxylic acids is 1. The summed E-state index contributed by atoms with van der Waals surface area (Å²) in [5, 5.41) is 18.9. The Kier molecular flexibility index (Phi) is 3.10. The highest BCUT2D eigenvalue weighted by molar-refractivity contribution is 7.84. The molecule has 1 unspecified atom stereocenters. The highest BCUT2D eigenvalue weighted by atomic mass is 32.2. The predicted molar refractivity (Wildman–Crippen MR) is 50.2 cm³/mol. The van der Waals surface area contributed by atoms with E-state index in [1.54, 1.807) is 0 Å². The van der Waals surface area contributed by atoms with Crippen molar-refractivity contribution < 1.29 is 19.0 Å². The minimum Gasteiger partial charge on any atom is -0.478 e. The second-order valence-corrected chi connectivity index (χ2v) is 3.86. The van der Waals surface area contributed by atoms with E-state index in [-0.39, 0.29) is 10.6 Å². The van der Waals surface area contributed by atoms with Crippen LogP contribution in [0.3, 0.4) is 0 Å². The van der Waals surface area contributed by atoms with E-state index in [1.165, 1.54) is 6.26 Å². The van der Waals surface area contributed by atoms with Crippen molar-refractivity contribution in [1.82, 2.24) is 4.98 Å². The van der Waals surface area contributed by atoms with E-state index in [0.717, 1.165) is 12.3 Å². The van der Waals surface area contributed by atoms with Gasteiger partial charge in [0.15, 0.2) is 0 Å². The van der Waals surface area contributed by atoms with Crippen molar-refractivity contribution >= 4 is 22.5 Å². The third-order valence-corrected chi connectivity index (χ3v) is 2.41. The molecule has 0 bridgehead atoms. The van der Waals surface area contributed by atoms with Crippen LogP contribution in [0.2, 0.25) is 0 Å². The van der Waals surface area contributed by atoms with Gasteiger partial charge in [0.2, 0.25) is 5.03 Å². The van der Waals surface area contributed by atoms with Gasteiger partial charge in [-0.05, 0) is 0 Å². The van der Waals surface area contributed by atoms with E-state index < -0.39 is 27.4 Å². The zero-order valence-corrected chi connectivity index (χ0v) is 8.35. The largest absolute Gasteiger partial charge is 0.478 e. The molecule has 8 heteroatoms. The predicted octanol–water partition coefficient (Wildman–Crippen LogP) is 0.425. The van der Waals surface area contributed by atoms with Crippen LogP contribution in [-0.2, 0) is 10.8 Å². The molecule has 0 aliphatic heterocycles. The van der Waals surface area contributed by atoms with Gasteiger partial charge in [0.1, 0.15) is 0 Å². The van der Waals surface area contributed by atoms with Crippen LogP contribution in [0.1, 0.15) is 10.4 Å². The summed E-state index contributed by atoms with van der Waals surface area (Å²) in [6, 6.07) is 0.839. The number of carbonyl (C=O) groups is 1. The molecule has 0 saturated heterocycles. The van der Waals surface area contributed by atoms with Crippen molar-refractivity contribution in [2.45, 2.75) is 5.03 Å². The van der Waals surface area contributed by atoms with Crippen LogP contribution in [0.25, 0.3) is 0 Å². The van der Waals surface area contributed by atoms with Crippen LogP contribution in [0.4, 0.5) is 5.69 Å². The Hall–Kier alpha value is -1.83. The Bertz CT molecular complexity index is 459. The van der Waals surface area contributed by atoms with Gasteiger partial charge in [-0.2, -0.15) is 0 Å². The number of hydrogen-bond donors (Lipinski definition) is 1. The van der Waals surface area contributed by atoms with Crippen molar-refractivity contribution in [1.29, 1.82) is 0 Å². The molecule has 0 fully saturated rings.